The number of halogens is 1. The SMILES string of the molecule is CCCCOc1cc(Br)ccc1[C@H](C)O. The van der Waals surface area contributed by atoms with E-state index in [1.807, 2.05) is 18.2 Å². The Morgan fingerprint density at radius 2 is 2.20 bits per heavy atom. The van der Waals surface area contributed by atoms with Crippen LogP contribution in [0.15, 0.2) is 22.7 Å². The van der Waals surface area contributed by atoms with Crippen LogP contribution < -0.4 is 4.74 Å². The highest BCUT2D eigenvalue weighted by atomic mass is 79.9. The molecule has 0 aliphatic rings. The molecule has 1 aromatic carbocycles. The van der Waals surface area contributed by atoms with Gasteiger partial charge in [0.15, 0.2) is 0 Å². The summed E-state index contributed by atoms with van der Waals surface area (Å²) in [5.74, 6) is 0.771. The minimum atomic E-state index is -0.491. The normalized spacial score (nSPS) is 12.5. The van der Waals surface area contributed by atoms with Gasteiger partial charge in [-0.15, -0.1) is 0 Å². The summed E-state index contributed by atoms with van der Waals surface area (Å²) >= 11 is 3.39. The van der Waals surface area contributed by atoms with Gasteiger partial charge >= 0.3 is 0 Å². The highest BCUT2D eigenvalue weighted by molar-refractivity contribution is 9.10. The fourth-order valence-corrected chi connectivity index (χ4v) is 1.64. The van der Waals surface area contributed by atoms with Crippen LogP contribution in [-0.4, -0.2) is 11.7 Å². The number of aliphatic hydroxyl groups excluding tert-OH is 1. The molecule has 1 atom stereocenters. The summed E-state index contributed by atoms with van der Waals surface area (Å²) in [5, 5.41) is 9.56. The van der Waals surface area contributed by atoms with Gasteiger partial charge in [-0.3, -0.25) is 0 Å². The third kappa shape index (κ3) is 3.84. The molecule has 0 heterocycles. The van der Waals surface area contributed by atoms with E-state index in [2.05, 4.69) is 22.9 Å². The summed E-state index contributed by atoms with van der Waals surface area (Å²) in [6.07, 6.45) is 1.65. The van der Waals surface area contributed by atoms with Gasteiger partial charge in [0, 0.05) is 10.0 Å². The predicted molar refractivity (Wildman–Crippen MR) is 65.2 cm³/mol. The Morgan fingerprint density at radius 1 is 1.47 bits per heavy atom. The van der Waals surface area contributed by atoms with Gasteiger partial charge in [-0.25, -0.2) is 0 Å². The minimum Gasteiger partial charge on any atom is -0.493 e. The minimum absolute atomic E-state index is 0.491. The van der Waals surface area contributed by atoms with Crippen LogP contribution in [0.1, 0.15) is 38.4 Å². The van der Waals surface area contributed by atoms with Crippen molar-refractivity contribution in [2.45, 2.75) is 32.8 Å². The van der Waals surface area contributed by atoms with Gasteiger partial charge in [-0.2, -0.15) is 0 Å². The smallest absolute Gasteiger partial charge is 0.126 e. The Labute approximate surface area is 99.4 Å². The molecule has 0 aliphatic heterocycles. The Hall–Kier alpha value is -0.540. The third-order valence-corrected chi connectivity index (χ3v) is 2.67. The van der Waals surface area contributed by atoms with Gasteiger partial charge in [-0.05, 0) is 25.5 Å². The lowest BCUT2D eigenvalue weighted by atomic mass is 10.1. The monoisotopic (exact) mass is 272 g/mol. The first-order valence-electron chi connectivity index (χ1n) is 5.25. The van der Waals surface area contributed by atoms with E-state index in [1.165, 1.54) is 0 Å². The number of aliphatic hydroxyl groups is 1. The first-order chi connectivity index (χ1) is 7.15. The summed E-state index contributed by atoms with van der Waals surface area (Å²) in [5.41, 5.74) is 0.842. The van der Waals surface area contributed by atoms with E-state index in [-0.39, 0.29) is 0 Å². The molecule has 0 unspecified atom stereocenters. The van der Waals surface area contributed by atoms with E-state index in [9.17, 15) is 5.11 Å². The van der Waals surface area contributed by atoms with Crippen molar-refractivity contribution in [3.8, 4) is 5.75 Å². The van der Waals surface area contributed by atoms with Gasteiger partial charge in [0.05, 0.1) is 12.7 Å². The molecule has 0 radical (unpaired) electrons. The van der Waals surface area contributed by atoms with E-state index >= 15 is 0 Å². The van der Waals surface area contributed by atoms with Crippen molar-refractivity contribution in [2.75, 3.05) is 6.61 Å². The summed E-state index contributed by atoms with van der Waals surface area (Å²) in [6, 6.07) is 5.70. The van der Waals surface area contributed by atoms with Crippen molar-refractivity contribution in [1.29, 1.82) is 0 Å². The van der Waals surface area contributed by atoms with Gasteiger partial charge < -0.3 is 9.84 Å². The number of benzene rings is 1. The topological polar surface area (TPSA) is 29.5 Å². The van der Waals surface area contributed by atoms with Gasteiger partial charge in [0.2, 0.25) is 0 Å². The standard InChI is InChI=1S/C12H17BrO2/c1-3-4-7-15-12-8-10(13)5-6-11(12)9(2)14/h5-6,8-9,14H,3-4,7H2,1-2H3/t9-/m0/s1. The van der Waals surface area contributed by atoms with Crippen LogP contribution in [0.2, 0.25) is 0 Å². The van der Waals surface area contributed by atoms with Crippen molar-refractivity contribution < 1.29 is 9.84 Å². The number of hydrogen-bond acceptors (Lipinski definition) is 2. The number of rotatable bonds is 5. The number of hydrogen-bond donors (Lipinski definition) is 1. The molecular formula is C12H17BrO2. The van der Waals surface area contributed by atoms with Crippen LogP contribution in [0.4, 0.5) is 0 Å². The molecule has 0 bridgehead atoms. The van der Waals surface area contributed by atoms with Crippen molar-refractivity contribution in [2.24, 2.45) is 0 Å². The van der Waals surface area contributed by atoms with E-state index < -0.39 is 6.10 Å². The maximum Gasteiger partial charge on any atom is 0.126 e. The molecule has 84 valence electrons. The molecule has 1 rings (SSSR count). The largest absolute Gasteiger partial charge is 0.493 e. The van der Waals surface area contributed by atoms with Crippen LogP contribution in [0.3, 0.4) is 0 Å². The van der Waals surface area contributed by atoms with Crippen molar-refractivity contribution >= 4 is 15.9 Å². The lowest BCUT2D eigenvalue weighted by Gasteiger charge is -2.13. The highest BCUT2D eigenvalue weighted by Crippen LogP contribution is 2.28. The molecule has 0 saturated heterocycles. The molecule has 3 heteroatoms. The van der Waals surface area contributed by atoms with Crippen molar-refractivity contribution in [1.82, 2.24) is 0 Å². The van der Waals surface area contributed by atoms with Gasteiger partial charge in [0.25, 0.3) is 0 Å². The quantitative estimate of drug-likeness (QED) is 0.829. The first kappa shape index (κ1) is 12.5. The molecule has 1 N–H and O–H groups in total. The Morgan fingerprint density at radius 3 is 2.80 bits per heavy atom. The fraction of sp³-hybridized carbons (Fsp3) is 0.500. The Kier molecular flexibility index (Phi) is 5.12. The molecular weight excluding hydrogens is 256 g/mol. The Balaban J connectivity index is 2.77. The van der Waals surface area contributed by atoms with Gasteiger partial charge in [0.1, 0.15) is 5.75 Å². The number of unbranched alkanes of at least 4 members (excludes halogenated alkanes) is 1. The average Bonchev–Trinajstić information content (AvgIpc) is 2.18. The molecule has 2 nitrogen and oxygen atoms in total. The van der Waals surface area contributed by atoms with Crippen molar-refractivity contribution in [3.05, 3.63) is 28.2 Å². The average molecular weight is 273 g/mol. The highest BCUT2D eigenvalue weighted by Gasteiger charge is 2.09. The third-order valence-electron chi connectivity index (χ3n) is 2.18. The maximum absolute atomic E-state index is 9.56. The van der Waals surface area contributed by atoms with Crippen LogP contribution >= 0.6 is 15.9 Å². The zero-order valence-corrected chi connectivity index (χ0v) is 10.8. The molecule has 0 saturated carbocycles. The van der Waals surface area contributed by atoms with Gasteiger partial charge in [-0.1, -0.05) is 35.3 Å². The second-order valence-corrected chi connectivity index (χ2v) is 4.48. The van der Waals surface area contributed by atoms with Crippen LogP contribution in [-0.2, 0) is 0 Å². The molecule has 0 fully saturated rings. The summed E-state index contributed by atoms with van der Waals surface area (Å²) in [4.78, 5) is 0. The molecule has 15 heavy (non-hydrogen) atoms. The summed E-state index contributed by atoms with van der Waals surface area (Å²) in [7, 11) is 0. The van der Waals surface area contributed by atoms with Crippen LogP contribution in [0, 0.1) is 0 Å². The van der Waals surface area contributed by atoms with Crippen molar-refractivity contribution in [3.63, 3.8) is 0 Å². The van der Waals surface area contributed by atoms with E-state index in [0.717, 1.165) is 28.6 Å². The molecule has 0 spiro atoms. The van der Waals surface area contributed by atoms with E-state index in [0.29, 0.717) is 6.61 Å². The second-order valence-electron chi connectivity index (χ2n) is 3.56. The molecule has 0 aromatic heterocycles. The fourth-order valence-electron chi connectivity index (χ4n) is 1.30. The summed E-state index contributed by atoms with van der Waals surface area (Å²) < 4.78 is 6.60. The molecule has 0 amide bonds. The molecule has 1 aromatic rings. The molecule has 0 aliphatic carbocycles. The first-order valence-corrected chi connectivity index (χ1v) is 6.04. The summed E-state index contributed by atoms with van der Waals surface area (Å²) in [6.45, 7) is 4.57. The Bertz CT molecular complexity index is 310. The lowest BCUT2D eigenvalue weighted by Crippen LogP contribution is -2.02. The lowest BCUT2D eigenvalue weighted by molar-refractivity contribution is 0.191. The zero-order chi connectivity index (χ0) is 11.3. The van der Waals surface area contributed by atoms with E-state index in [1.54, 1.807) is 6.92 Å². The number of ether oxygens (including phenoxy) is 1. The van der Waals surface area contributed by atoms with Crippen LogP contribution in [0.25, 0.3) is 0 Å². The predicted octanol–water partition coefficient (Wildman–Crippen LogP) is 3.68. The maximum atomic E-state index is 9.56. The van der Waals surface area contributed by atoms with E-state index in [4.69, 9.17) is 4.74 Å². The van der Waals surface area contributed by atoms with Crippen LogP contribution in [0.5, 0.6) is 5.75 Å². The zero-order valence-electron chi connectivity index (χ0n) is 9.16. The second kappa shape index (κ2) is 6.13.